The second kappa shape index (κ2) is 3.69. The van der Waals surface area contributed by atoms with Gasteiger partial charge in [-0.1, -0.05) is 18.2 Å². The number of carbonyl (C=O) groups excluding carboxylic acids is 1. The van der Waals surface area contributed by atoms with Gasteiger partial charge in [-0.05, 0) is 11.6 Å². The van der Waals surface area contributed by atoms with Crippen LogP contribution >= 0.6 is 0 Å². The Hall–Kier alpha value is -1.52. The number of alkyl halides is 3. The number of carboxylic acids is 1. The summed E-state index contributed by atoms with van der Waals surface area (Å²) in [4.78, 5) is 10.2. The maximum atomic E-state index is 12.3. The van der Waals surface area contributed by atoms with E-state index in [1.807, 2.05) is 0 Å². The van der Waals surface area contributed by atoms with E-state index >= 15 is 0 Å². The smallest absolute Gasteiger partial charge is 0.416 e. The van der Waals surface area contributed by atoms with Crippen LogP contribution in [0.1, 0.15) is 11.1 Å². The average Bonchev–Trinajstić information content (AvgIpc) is 2.01. The van der Waals surface area contributed by atoms with Crippen molar-refractivity contribution in [2.75, 3.05) is 0 Å². The molecular weight excluding hydrogens is 197 g/mol. The normalized spacial score (nSPS) is 11.4. The first kappa shape index (κ1) is 10.6. The molecule has 0 unspecified atom stereocenters. The summed E-state index contributed by atoms with van der Waals surface area (Å²) < 4.78 is 36.9. The summed E-state index contributed by atoms with van der Waals surface area (Å²) in [6.07, 6.45) is -5.25. The highest BCUT2D eigenvalue weighted by molar-refractivity contribution is 5.68. The van der Waals surface area contributed by atoms with E-state index in [1.165, 1.54) is 12.1 Å². The third kappa shape index (κ3) is 2.48. The van der Waals surface area contributed by atoms with Crippen molar-refractivity contribution in [3.63, 3.8) is 0 Å². The minimum Gasteiger partial charge on any atom is -0.550 e. The van der Waals surface area contributed by atoms with Gasteiger partial charge in [0, 0.05) is 12.4 Å². The fourth-order valence-electron chi connectivity index (χ4n) is 1.11. The molecule has 1 aromatic carbocycles. The number of benzene rings is 1. The van der Waals surface area contributed by atoms with Crippen LogP contribution in [0, 0.1) is 0 Å². The first-order valence-electron chi connectivity index (χ1n) is 3.76. The van der Waals surface area contributed by atoms with Gasteiger partial charge in [-0.3, -0.25) is 0 Å². The third-order valence-electron chi connectivity index (χ3n) is 1.66. The summed E-state index contributed by atoms with van der Waals surface area (Å²) in [7, 11) is 0. The standard InChI is InChI=1S/C9H7F3O2/c10-9(11,12)7-4-2-1-3-6(7)5-8(13)14/h1-4H,5H2,(H,13,14)/p-1. The minimum absolute atomic E-state index is 0.278. The number of carbonyl (C=O) groups is 1. The van der Waals surface area contributed by atoms with Gasteiger partial charge >= 0.3 is 6.18 Å². The van der Waals surface area contributed by atoms with Gasteiger partial charge in [0.15, 0.2) is 0 Å². The Bertz CT molecular complexity index is 344. The number of aliphatic carboxylic acids is 1. The van der Waals surface area contributed by atoms with Crippen molar-refractivity contribution in [2.24, 2.45) is 0 Å². The maximum Gasteiger partial charge on any atom is 0.416 e. The molecule has 76 valence electrons. The zero-order valence-electron chi connectivity index (χ0n) is 6.97. The summed E-state index contributed by atoms with van der Waals surface area (Å²) in [6, 6.07) is 4.53. The van der Waals surface area contributed by atoms with Crippen LogP contribution in [0.15, 0.2) is 24.3 Å². The fraction of sp³-hybridized carbons (Fsp3) is 0.222. The van der Waals surface area contributed by atoms with Gasteiger partial charge in [0.05, 0.1) is 5.56 Å². The minimum atomic E-state index is -4.52. The van der Waals surface area contributed by atoms with Gasteiger partial charge in [-0.2, -0.15) is 13.2 Å². The van der Waals surface area contributed by atoms with Crippen LogP contribution in [0.2, 0.25) is 0 Å². The first-order chi connectivity index (χ1) is 6.41. The second-order valence-corrected chi connectivity index (χ2v) is 2.70. The molecule has 0 aliphatic rings. The quantitative estimate of drug-likeness (QED) is 0.719. The van der Waals surface area contributed by atoms with E-state index in [2.05, 4.69) is 0 Å². The molecule has 14 heavy (non-hydrogen) atoms. The molecule has 0 atom stereocenters. The zero-order valence-corrected chi connectivity index (χ0v) is 6.97. The Morgan fingerprint density at radius 1 is 1.29 bits per heavy atom. The number of hydrogen-bond donors (Lipinski definition) is 0. The van der Waals surface area contributed by atoms with E-state index in [9.17, 15) is 23.1 Å². The van der Waals surface area contributed by atoms with Crippen LogP contribution in [0.3, 0.4) is 0 Å². The average molecular weight is 203 g/mol. The summed E-state index contributed by atoms with van der Waals surface area (Å²) in [6.45, 7) is 0. The summed E-state index contributed by atoms with van der Waals surface area (Å²) in [5, 5.41) is 10.2. The van der Waals surface area contributed by atoms with Crippen molar-refractivity contribution in [3.8, 4) is 0 Å². The van der Waals surface area contributed by atoms with Crippen LogP contribution in [0.25, 0.3) is 0 Å². The molecule has 0 saturated heterocycles. The van der Waals surface area contributed by atoms with Crippen LogP contribution < -0.4 is 5.11 Å². The molecule has 0 spiro atoms. The fourth-order valence-corrected chi connectivity index (χ4v) is 1.11. The molecule has 0 bridgehead atoms. The predicted octanol–water partition coefficient (Wildman–Crippen LogP) is 0.998. The van der Waals surface area contributed by atoms with E-state index in [1.54, 1.807) is 0 Å². The molecule has 0 radical (unpaired) electrons. The Kier molecular flexibility index (Phi) is 2.78. The lowest BCUT2D eigenvalue weighted by Crippen LogP contribution is -2.25. The van der Waals surface area contributed by atoms with Crippen LogP contribution in [0.5, 0.6) is 0 Å². The topological polar surface area (TPSA) is 40.1 Å². The summed E-state index contributed by atoms with van der Waals surface area (Å²) in [5.74, 6) is -1.53. The molecule has 0 aliphatic heterocycles. The van der Waals surface area contributed by atoms with Crippen LogP contribution in [0.4, 0.5) is 13.2 Å². The lowest BCUT2D eigenvalue weighted by atomic mass is 10.0. The Morgan fingerprint density at radius 3 is 2.36 bits per heavy atom. The summed E-state index contributed by atoms with van der Waals surface area (Å²) >= 11 is 0. The van der Waals surface area contributed by atoms with Gasteiger partial charge in [0.25, 0.3) is 0 Å². The van der Waals surface area contributed by atoms with E-state index in [0.717, 1.165) is 12.1 Å². The lowest BCUT2D eigenvalue weighted by Gasteiger charge is -2.12. The van der Waals surface area contributed by atoms with Gasteiger partial charge in [-0.25, -0.2) is 0 Å². The summed E-state index contributed by atoms with van der Waals surface area (Å²) in [5.41, 5.74) is -1.20. The second-order valence-electron chi connectivity index (χ2n) is 2.70. The van der Waals surface area contributed by atoms with Crippen LogP contribution in [-0.4, -0.2) is 5.97 Å². The Balaban J connectivity index is 3.10. The lowest BCUT2D eigenvalue weighted by molar-refractivity contribution is -0.304. The van der Waals surface area contributed by atoms with E-state index in [4.69, 9.17) is 0 Å². The van der Waals surface area contributed by atoms with Gasteiger partial charge in [0.1, 0.15) is 0 Å². The SMILES string of the molecule is O=C([O-])Cc1ccccc1C(F)(F)F. The van der Waals surface area contributed by atoms with Crippen molar-refractivity contribution in [1.82, 2.24) is 0 Å². The highest BCUT2D eigenvalue weighted by Crippen LogP contribution is 2.31. The van der Waals surface area contributed by atoms with Crippen molar-refractivity contribution in [3.05, 3.63) is 35.4 Å². The number of rotatable bonds is 2. The molecule has 0 amide bonds. The maximum absolute atomic E-state index is 12.3. The number of halogens is 3. The zero-order chi connectivity index (χ0) is 10.8. The van der Waals surface area contributed by atoms with Gasteiger partial charge in [0.2, 0.25) is 0 Å². The molecule has 0 saturated carbocycles. The molecule has 0 aliphatic carbocycles. The number of hydrogen-bond acceptors (Lipinski definition) is 2. The number of carboxylic acid groups (broad SMARTS) is 1. The Labute approximate surface area is 78.0 Å². The molecule has 0 fully saturated rings. The molecule has 1 rings (SSSR count). The van der Waals surface area contributed by atoms with Gasteiger partial charge < -0.3 is 9.90 Å². The molecule has 2 nitrogen and oxygen atoms in total. The third-order valence-corrected chi connectivity index (χ3v) is 1.66. The monoisotopic (exact) mass is 203 g/mol. The van der Waals surface area contributed by atoms with Crippen molar-refractivity contribution in [2.45, 2.75) is 12.6 Å². The molecule has 5 heteroatoms. The van der Waals surface area contributed by atoms with Crippen molar-refractivity contribution in [1.29, 1.82) is 0 Å². The van der Waals surface area contributed by atoms with Gasteiger partial charge in [-0.15, -0.1) is 0 Å². The van der Waals surface area contributed by atoms with Crippen LogP contribution in [-0.2, 0) is 17.4 Å². The first-order valence-corrected chi connectivity index (χ1v) is 3.76. The Morgan fingerprint density at radius 2 is 1.86 bits per heavy atom. The van der Waals surface area contributed by atoms with E-state index in [0.29, 0.717) is 0 Å². The molecule has 1 aromatic rings. The van der Waals surface area contributed by atoms with E-state index < -0.39 is 24.1 Å². The molecule has 0 heterocycles. The highest BCUT2D eigenvalue weighted by atomic mass is 19.4. The largest absolute Gasteiger partial charge is 0.550 e. The van der Waals surface area contributed by atoms with Crippen molar-refractivity contribution < 1.29 is 23.1 Å². The van der Waals surface area contributed by atoms with E-state index in [-0.39, 0.29) is 5.56 Å². The van der Waals surface area contributed by atoms with Crippen molar-refractivity contribution >= 4 is 5.97 Å². The molecule has 0 N–H and O–H groups in total. The molecular formula is C9H6F3O2-. The predicted molar refractivity (Wildman–Crippen MR) is 40.2 cm³/mol. The highest BCUT2D eigenvalue weighted by Gasteiger charge is 2.32. The molecule has 0 aromatic heterocycles.